The Labute approximate surface area is 266 Å². The first-order valence-corrected chi connectivity index (χ1v) is 15.0. The quantitative estimate of drug-likeness (QED) is 0.112. The zero-order chi connectivity index (χ0) is 32.2. The molecule has 4 N–H and O–H groups in total. The number of allylic oxidation sites excluding steroid dienone is 1. The van der Waals surface area contributed by atoms with E-state index in [1.54, 1.807) is 25.4 Å². The highest BCUT2D eigenvalue weighted by Crippen LogP contribution is 2.40. The molecule has 0 spiro atoms. The first-order valence-electron chi connectivity index (χ1n) is 15.0. The molecule has 2 saturated heterocycles. The van der Waals surface area contributed by atoms with Crippen LogP contribution in [0.15, 0.2) is 84.6 Å². The van der Waals surface area contributed by atoms with Crippen molar-refractivity contribution in [3.63, 3.8) is 0 Å². The van der Waals surface area contributed by atoms with Gasteiger partial charge in [-0.05, 0) is 69.0 Å². The van der Waals surface area contributed by atoms with Gasteiger partial charge in [0.25, 0.3) is 0 Å². The number of pyridine rings is 1. The van der Waals surface area contributed by atoms with Crippen molar-refractivity contribution in [1.29, 1.82) is 0 Å². The number of hydrogen-bond acceptors (Lipinski definition) is 10. The molecule has 0 aliphatic carbocycles. The van der Waals surface area contributed by atoms with Gasteiger partial charge in [0, 0.05) is 53.6 Å². The maximum absolute atomic E-state index is 15.2. The summed E-state index contributed by atoms with van der Waals surface area (Å²) in [4.78, 5) is 31.6. The normalized spacial score (nSPS) is 19.3. The molecule has 2 unspecified atom stereocenters. The number of nitrogens with one attached hydrogen (secondary N) is 2. The van der Waals surface area contributed by atoms with Gasteiger partial charge in [-0.15, -0.1) is 0 Å². The first-order chi connectivity index (χ1) is 22.3. The lowest BCUT2D eigenvalue weighted by molar-refractivity contribution is -0.130. The number of carbonyl (C=O) groups is 1. The Hall–Kier alpha value is -5.52. The predicted molar refractivity (Wildman–Crippen MR) is 176 cm³/mol. The SMILES string of the molecule is C=CC(=O)N1C2CC[C@@H]1CC(Nc1cc3c(Nc4ccc(O/C(N)=C/C=Nc5ccc(C)nc5)cc4F)ncnc3cc1OC)C2. The number of ether oxygens (including phenoxy) is 2. The number of anilines is 3. The summed E-state index contributed by atoms with van der Waals surface area (Å²) in [7, 11) is 1.61. The van der Waals surface area contributed by atoms with Crippen molar-refractivity contribution in [2.75, 3.05) is 17.7 Å². The summed E-state index contributed by atoms with van der Waals surface area (Å²) in [5.74, 6) is 0.769. The third-order valence-corrected chi connectivity index (χ3v) is 8.27. The molecule has 2 aromatic heterocycles. The number of halogens is 1. The highest BCUT2D eigenvalue weighted by molar-refractivity contribution is 5.95. The Bertz CT molecular complexity index is 1810. The van der Waals surface area contributed by atoms with Crippen LogP contribution < -0.4 is 25.8 Å². The molecule has 2 aliphatic rings. The third kappa shape index (κ3) is 6.60. The van der Waals surface area contributed by atoms with Crippen LogP contribution in [-0.4, -0.2) is 57.2 Å². The maximum Gasteiger partial charge on any atom is 0.246 e. The van der Waals surface area contributed by atoms with Gasteiger partial charge in [0.1, 0.15) is 29.5 Å². The number of benzene rings is 2. The van der Waals surface area contributed by atoms with Gasteiger partial charge in [0.2, 0.25) is 5.91 Å². The van der Waals surface area contributed by atoms with Crippen molar-refractivity contribution >= 4 is 45.9 Å². The first kappa shape index (κ1) is 30.5. The molecule has 4 heterocycles. The summed E-state index contributed by atoms with van der Waals surface area (Å²) >= 11 is 0. The van der Waals surface area contributed by atoms with Gasteiger partial charge >= 0.3 is 0 Å². The fraction of sp³-hybridized carbons (Fsp3) is 0.265. The number of methoxy groups -OCH3 is 1. The summed E-state index contributed by atoms with van der Waals surface area (Å²) in [6.07, 6.45) is 11.0. The second kappa shape index (κ2) is 13.2. The summed E-state index contributed by atoms with van der Waals surface area (Å²) in [6, 6.07) is 12.3. The fourth-order valence-corrected chi connectivity index (χ4v) is 6.14. The van der Waals surface area contributed by atoms with E-state index in [2.05, 4.69) is 37.2 Å². The van der Waals surface area contributed by atoms with Crippen LogP contribution in [0.2, 0.25) is 0 Å². The molecule has 4 aromatic rings. The van der Waals surface area contributed by atoms with Gasteiger partial charge in [-0.2, -0.15) is 0 Å². The molecule has 46 heavy (non-hydrogen) atoms. The Morgan fingerprint density at radius 3 is 2.61 bits per heavy atom. The number of carbonyl (C=O) groups excluding carboxylic acids is 1. The lowest BCUT2D eigenvalue weighted by Gasteiger charge is -2.39. The van der Waals surface area contributed by atoms with Gasteiger partial charge in [-0.3, -0.25) is 14.8 Å². The molecule has 6 rings (SSSR count). The minimum atomic E-state index is -0.556. The summed E-state index contributed by atoms with van der Waals surface area (Å²) in [5, 5.41) is 7.41. The number of rotatable bonds is 10. The predicted octanol–water partition coefficient (Wildman–Crippen LogP) is 5.93. The zero-order valence-corrected chi connectivity index (χ0v) is 25.6. The number of aromatic nitrogens is 3. The highest BCUT2D eigenvalue weighted by Gasteiger charge is 2.42. The van der Waals surface area contributed by atoms with Crippen molar-refractivity contribution in [2.24, 2.45) is 10.7 Å². The van der Waals surface area contributed by atoms with Crippen molar-refractivity contribution in [3.05, 3.63) is 91.1 Å². The topological polar surface area (TPSA) is 140 Å². The number of aryl methyl sites for hydroxylation is 1. The Kier molecular flexibility index (Phi) is 8.77. The van der Waals surface area contributed by atoms with E-state index in [-0.39, 0.29) is 41.4 Å². The minimum Gasteiger partial charge on any atom is -0.495 e. The maximum atomic E-state index is 15.2. The molecular formula is C34H35FN8O3. The summed E-state index contributed by atoms with van der Waals surface area (Å²) in [6.45, 7) is 5.56. The van der Waals surface area contributed by atoms with Crippen LogP contribution >= 0.6 is 0 Å². The Morgan fingerprint density at radius 2 is 1.91 bits per heavy atom. The number of piperidine rings is 1. The van der Waals surface area contributed by atoms with E-state index < -0.39 is 5.82 Å². The standard InChI is InChI=1S/C34H35FN8O3/c1-4-33(44)43-23-7-8-24(43)14-22(13-23)41-30-16-26-29(17-31(30)45-3)39-19-40-34(26)42-28-10-9-25(15-27(28)35)46-32(36)11-12-37-21-6-5-20(2)38-18-21/h4-6,9-12,15-19,22-24,41H,1,7-8,13-14,36H2,2-3H3,(H,39,40,42)/b32-11+,37-12?/t22?,23-,24?/m1/s1. The van der Waals surface area contributed by atoms with Crippen molar-refractivity contribution < 1.29 is 18.7 Å². The van der Waals surface area contributed by atoms with E-state index in [1.807, 2.05) is 36.1 Å². The van der Waals surface area contributed by atoms with E-state index in [0.29, 0.717) is 28.2 Å². The lowest BCUT2D eigenvalue weighted by Crippen LogP contribution is -2.49. The molecule has 12 heteroatoms. The summed E-state index contributed by atoms with van der Waals surface area (Å²) < 4.78 is 26.5. The van der Waals surface area contributed by atoms with Crippen LogP contribution in [0.1, 0.15) is 31.4 Å². The smallest absolute Gasteiger partial charge is 0.246 e. The molecule has 236 valence electrons. The van der Waals surface area contributed by atoms with Crippen LogP contribution in [0.5, 0.6) is 11.5 Å². The van der Waals surface area contributed by atoms with E-state index >= 15 is 4.39 Å². The van der Waals surface area contributed by atoms with Crippen LogP contribution in [0, 0.1) is 12.7 Å². The molecule has 2 fully saturated rings. The van der Waals surface area contributed by atoms with Crippen LogP contribution in [-0.2, 0) is 4.79 Å². The van der Waals surface area contributed by atoms with E-state index in [0.717, 1.165) is 37.1 Å². The van der Waals surface area contributed by atoms with Crippen molar-refractivity contribution in [1.82, 2.24) is 19.9 Å². The molecule has 1 amide bonds. The van der Waals surface area contributed by atoms with Gasteiger partial charge in [0.15, 0.2) is 5.88 Å². The average Bonchev–Trinajstić information content (AvgIpc) is 3.32. The second-order valence-electron chi connectivity index (χ2n) is 11.3. The van der Waals surface area contributed by atoms with E-state index in [1.165, 1.54) is 30.8 Å². The monoisotopic (exact) mass is 622 g/mol. The molecule has 0 saturated carbocycles. The van der Waals surface area contributed by atoms with Gasteiger partial charge in [0.05, 0.1) is 35.9 Å². The highest BCUT2D eigenvalue weighted by atomic mass is 19.1. The number of nitrogens with two attached hydrogens (primary N) is 1. The second-order valence-corrected chi connectivity index (χ2v) is 11.3. The summed E-state index contributed by atoms with van der Waals surface area (Å²) in [5.41, 5.74) is 9.12. The van der Waals surface area contributed by atoms with Crippen LogP contribution in [0.3, 0.4) is 0 Å². The molecular weight excluding hydrogens is 587 g/mol. The Balaban J connectivity index is 1.17. The minimum absolute atomic E-state index is 0.00448. The van der Waals surface area contributed by atoms with E-state index in [4.69, 9.17) is 15.2 Å². The number of amides is 1. The molecule has 2 bridgehead atoms. The van der Waals surface area contributed by atoms with Crippen LogP contribution in [0.25, 0.3) is 10.9 Å². The Morgan fingerprint density at radius 1 is 1.11 bits per heavy atom. The average molecular weight is 623 g/mol. The van der Waals surface area contributed by atoms with Crippen molar-refractivity contribution in [3.8, 4) is 11.5 Å². The fourth-order valence-electron chi connectivity index (χ4n) is 6.14. The molecule has 2 aliphatic heterocycles. The molecule has 2 aromatic carbocycles. The van der Waals surface area contributed by atoms with Crippen LogP contribution in [0.4, 0.5) is 27.3 Å². The van der Waals surface area contributed by atoms with E-state index in [9.17, 15) is 4.79 Å². The molecule has 11 nitrogen and oxygen atoms in total. The zero-order valence-electron chi connectivity index (χ0n) is 25.6. The number of hydrogen-bond donors (Lipinski definition) is 3. The molecule has 0 radical (unpaired) electrons. The molecule has 3 atom stereocenters. The number of fused-ring (bicyclic) bond motifs is 3. The third-order valence-electron chi connectivity index (χ3n) is 8.27. The van der Waals surface area contributed by atoms with Gasteiger partial charge in [-0.25, -0.2) is 14.4 Å². The number of nitrogens with zero attached hydrogens (tertiary/aromatic N) is 5. The van der Waals surface area contributed by atoms with Crippen molar-refractivity contribution in [2.45, 2.75) is 50.7 Å². The lowest BCUT2D eigenvalue weighted by atomic mass is 9.96. The van der Waals surface area contributed by atoms with Gasteiger partial charge in [-0.1, -0.05) is 6.58 Å². The van der Waals surface area contributed by atoms with Gasteiger partial charge < -0.3 is 30.7 Å². The number of aliphatic imine (C=N–C) groups is 1. The largest absolute Gasteiger partial charge is 0.495 e.